The number of ether oxygens (including phenoxy) is 4. The van der Waals surface area contributed by atoms with Crippen LogP contribution in [0.3, 0.4) is 0 Å². The van der Waals surface area contributed by atoms with Crippen LogP contribution in [-0.4, -0.2) is 72.6 Å². The maximum Gasteiger partial charge on any atom is 0.308 e. The maximum absolute atomic E-state index is 11.6. The second-order valence-electron chi connectivity index (χ2n) is 10.2. The molecule has 0 aromatic heterocycles. The monoisotopic (exact) mass is 468 g/mol. The third-order valence-corrected chi connectivity index (χ3v) is 7.21. The van der Waals surface area contributed by atoms with Crippen LogP contribution in [0.4, 0.5) is 0 Å². The minimum absolute atomic E-state index is 0.0513. The lowest BCUT2D eigenvalue weighted by atomic mass is 9.85. The number of hydrogen-bond acceptors (Lipinski definition) is 7. The number of allylic oxidation sites excluding steroid dienone is 3. The zero-order chi connectivity index (χ0) is 24.9. The molecule has 0 amide bonds. The van der Waals surface area contributed by atoms with Gasteiger partial charge in [0, 0.05) is 25.4 Å². The Bertz CT molecular complexity index is 703. The van der Waals surface area contributed by atoms with E-state index in [1.165, 1.54) is 7.11 Å². The van der Waals surface area contributed by atoms with Gasteiger partial charge in [0.2, 0.25) is 0 Å². The Morgan fingerprint density at radius 2 is 1.94 bits per heavy atom. The SMILES string of the molecule is COC(=O)C[C@H]1C[C@@H](O)[C@H](C)[C@@H](/C(C)=C/C=C/C(C)C[C@@]2(C)O[C@@H]2C(C)C(OC)C(C)O)O1. The average Bonchev–Trinajstić information content (AvgIpc) is 3.40. The molecule has 4 unspecified atom stereocenters. The molecule has 2 saturated heterocycles. The van der Waals surface area contributed by atoms with E-state index in [0.29, 0.717) is 12.3 Å². The third-order valence-electron chi connectivity index (χ3n) is 7.21. The topological polar surface area (TPSA) is 97.8 Å². The van der Waals surface area contributed by atoms with E-state index >= 15 is 0 Å². The Morgan fingerprint density at radius 1 is 1.27 bits per heavy atom. The van der Waals surface area contributed by atoms with Crippen molar-refractivity contribution in [2.24, 2.45) is 17.8 Å². The largest absolute Gasteiger partial charge is 0.469 e. The zero-order valence-electron chi connectivity index (χ0n) is 21.5. The second-order valence-corrected chi connectivity index (χ2v) is 10.2. The molecule has 7 heteroatoms. The molecule has 0 aromatic carbocycles. The lowest BCUT2D eigenvalue weighted by Gasteiger charge is -2.38. The van der Waals surface area contributed by atoms with Crippen LogP contribution < -0.4 is 0 Å². The molecular formula is C26H44O7. The van der Waals surface area contributed by atoms with Crippen molar-refractivity contribution in [2.75, 3.05) is 14.2 Å². The van der Waals surface area contributed by atoms with Crippen molar-refractivity contribution in [3.8, 4) is 0 Å². The first-order chi connectivity index (χ1) is 15.4. The molecule has 2 N–H and O–H groups in total. The highest BCUT2D eigenvalue weighted by molar-refractivity contribution is 5.69. The summed E-state index contributed by atoms with van der Waals surface area (Å²) in [6.07, 6.45) is 5.82. The summed E-state index contributed by atoms with van der Waals surface area (Å²) in [5.41, 5.74) is 0.791. The molecule has 2 rings (SSSR count). The van der Waals surface area contributed by atoms with Crippen molar-refractivity contribution in [3.05, 3.63) is 23.8 Å². The highest BCUT2D eigenvalue weighted by Gasteiger charge is 2.56. The summed E-state index contributed by atoms with van der Waals surface area (Å²) in [5.74, 6) is 0.0212. The minimum Gasteiger partial charge on any atom is -0.469 e. The molecule has 0 radical (unpaired) electrons. The van der Waals surface area contributed by atoms with Gasteiger partial charge in [-0.3, -0.25) is 4.79 Å². The molecule has 2 aliphatic rings. The van der Waals surface area contributed by atoms with Crippen molar-refractivity contribution in [3.63, 3.8) is 0 Å². The molecule has 2 fully saturated rings. The van der Waals surface area contributed by atoms with Crippen LogP contribution in [0.5, 0.6) is 0 Å². The van der Waals surface area contributed by atoms with Gasteiger partial charge in [0.15, 0.2) is 0 Å². The van der Waals surface area contributed by atoms with Gasteiger partial charge >= 0.3 is 5.97 Å². The van der Waals surface area contributed by atoms with E-state index in [9.17, 15) is 15.0 Å². The number of epoxide rings is 1. The van der Waals surface area contributed by atoms with E-state index < -0.39 is 12.2 Å². The second kappa shape index (κ2) is 11.9. The van der Waals surface area contributed by atoms with Crippen LogP contribution in [0, 0.1) is 17.8 Å². The summed E-state index contributed by atoms with van der Waals surface area (Å²) in [5, 5.41) is 20.4. The smallest absolute Gasteiger partial charge is 0.308 e. The molecule has 2 aliphatic heterocycles. The van der Waals surface area contributed by atoms with Crippen LogP contribution in [0.15, 0.2) is 23.8 Å². The Labute approximate surface area is 199 Å². The first kappa shape index (κ1) is 28.0. The van der Waals surface area contributed by atoms with E-state index in [4.69, 9.17) is 18.9 Å². The van der Waals surface area contributed by atoms with Gasteiger partial charge in [-0.05, 0) is 38.7 Å². The van der Waals surface area contributed by atoms with E-state index in [0.717, 1.165) is 12.0 Å². The molecule has 0 bridgehead atoms. The molecule has 10 atom stereocenters. The summed E-state index contributed by atoms with van der Waals surface area (Å²) in [6.45, 7) is 12.1. The van der Waals surface area contributed by atoms with Crippen molar-refractivity contribution in [1.29, 1.82) is 0 Å². The molecule has 2 heterocycles. The normalized spacial score (nSPS) is 36.3. The molecule has 0 aliphatic carbocycles. The summed E-state index contributed by atoms with van der Waals surface area (Å²) in [7, 11) is 2.99. The number of rotatable bonds is 11. The van der Waals surface area contributed by atoms with E-state index in [-0.39, 0.29) is 54.2 Å². The molecule has 0 saturated carbocycles. The standard InChI is InChI=1S/C26H44O7/c1-15(14-26(6)25(33-26)18(4)24(31-8)19(5)27)10-9-11-16(2)23-17(3)21(28)12-20(32-23)13-22(29)30-7/h9-11,15,17-21,23-25,27-28H,12-14H2,1-8H3/b10-9+,16-11+/t15?,17-,18?,19?,20+,21+,23+,24?,25+,26+/m0/s1. The van der Waals surface area contributed by atoms with Gasteiger partial charge in [0.1, 0.15) is 0 Å². The van der Waals surface area contributed by atoms with Crippen molar-refractivity contribution in [1.82, 2.24) is 0 Å². The quantitative estimate of drug-likeness (QED) is 0.272. The molecule has 0 aromatic rings. The van der Waals surface area contributed by atoms with Crippen LogP contribution in [-0.2, 0) is 23.7 Å². The maximum atomic E-state index is 11.6. The average molecular weight is 469 g/mol. The molecule has 33 heavy (non-hydrogen) atoms. The number of hydrogen-bond donors (Lipinski definition) is 2. The van der Waals surface area contributed by atoms with E-state index in [2.05, 4.69) is 26.8 Å². The fraction of sp³-hybridized carbons (Fsp3) is 0.808. The van der Waals surface area contributed by atoms with Gasteiger partial charge in [-0.1, -0.05) is 39.0 Å². The number of methoxy groups -OCH3 is 2. The first-order valence-electron chi connectivity index (χ1n) is 12.1. The van der Waals surface area contributed by atoms with Crippen molar-refractivity contribution >= 4 is 5.97 Å². The Balaban J connectivity index is 1.93. The number of aliphatic hydroxyl groups excluding tert-OH is 2. The number of esters is 1. The minimum atomic E-state index is -0.543. The Hall–Kier alpha value is -1.25. The third kappa shape index (κ3) is 7.36. The summed E-state index contributed by atoms with van der Waals surface area (Å²) in [4.78, 5) is 11.6. The molecule has 7 nitrogen and oxygen atoms in total. The first-order valence-corrected chi connectivity index (χ1v) is 12.1. The van der Waals surface area contributed by atoms with Crippen LogP contribution in [0.2, 0.25) is 0 Å². The fourth-order valence-electron chi connectivity index (χ4n) is 5.30. The van der Waals surface area contributed by atoms with E-state index in [1.807, 2.05) is 26.0 Å². The number of carbonyl (C=O) groups is 1. The van der Waals surface area contributed by atoms with Crippen LogP contribution in [0.25, 0.3) is 0 Å². The van der Waals surface area contributed by atoms with Gasteiger partial charge < -0.3 is 29.2 Å². The summed E-state index contributed by atoms with van der Waals surface area (Å²) >= 11 is 0. The number of carbonyl (C=O) groups excluding carboxylic acids is 1. The van der Waals surface area contributed by atoms with Crippen LogP contribution >= 0.6 is 0 Å². The predicted octanol–water partition coefficient (Wildman–Crippen LogP) is 3.42. The van der Waals surface area contributed by atoms with Gasteiger partial charge in [0.25, 0.3) is 0 Å². The molecular weight excluding hydrogens is 424 g/mol. The molecule has 0 spiro atoms. The highest BCUT2D eigenvalue weighted by Crippen LogP contribution is 2.47. The highest BCUT2D eigenvalue weighted by atomic mass is 16.6. The van der Waals surface area contributed by atoms with E-state index in [1.54, 1.807) is 14.0 Å². The van der Waals surface area contributed by atoms with Gasteiger partial charge in [-0.25, -0.2) is 0 Å². The molecule has 190 valence electrons. The predicted molar refractivity (Wildman–Crippen MR) is 127 cm³/mol. The van der Waals surface area contributed by atoms with Crippen molar-refractivity contribution < 1.29 is 34.0 Å². The Morgan fingerprint density at radius 3 is 2.52 bits per heavy atom. The summed E-state index contributed by atoms with van der Waals surface area (Å²) in [6, 6.07) is 0. The summed E-state index contributed by atoms with van der Waals surface area (Å²) < 4.78 is 22.4. The zero-order valence-corrected chi connectivity index (χ0v) is 21.5. The van der Waals surface area contributed by atoms with Crippen molar-refractivity contribution in [2.45, 2.75) is 103 Å². The van der Waals surface area contributed by atoms with Crippen LogP contribution in [0.1, 0.15) is 60.8 Å². The number of aliphatic hydroxyl groups is 2. The Kier molecular flexibility index (Phi) is 10.1. The lowest BCUT2D eigenvalue weighted by Crippen LogP contribution is -2.44. The lowest BCUT2D eigenvalue weighted by molar-refractivity contribution is -0.153. The van der Waals surface area contributed by atoms with Gasteiger partial charge in [-0.2, -0.15) is 0 Å². The van der Waals surface area contributed by atoms with Gasteiger partial charge in [-0.15, -0.1) is 0 Å². The van der Waals surface area contributed by atoms with Gasteiger partial charge in [0.05, 0.1) is 55.8 Å². The fourth-order valence-corrected chi connectivity index (χ4v) is 5.30.